The Bertz CT molecular complexity index is 302. The largest absolute Gasteiger partial charge is 0.445 e. The summed E-state index contributed by atoms with van der Waals surface area (Å²) in [6, 6.07) is 0. The Morgan fingerprint density at radius 2 is 2.29 bits per heavy atom. The maximum absolute atomic E-state index is 5.76. The van der Waals surface area contributed by atoms with Crippen LogP contribution in [-0.4, -0.2) is 11.5 Å². The number of aromatic nitrogens is 1. The maximum Gasteiger partial charge on any atom is 0.197 e. The fourth-order valence-corrected chi connectivity index (χ4v) is 1.84. The highest BCUT2D eigenvalue weighted by molar-refractivity contribution is 5.13. The molecule has 0 radical (unpaired) electrons. The lowest BCUT2D eigenvalue weighted by molar-refractivity contribution is 0.325. The average molecular weight is 194 g/mol. The van der Waals surface area contributed by atoms with Gasteiger partial charge in [0.15, 0.2) is 5.89 Å². The monoisotopic (exact) mass is 194 g/mol. The van der Waals surface area contributed by atoms with Crippen LogP contribution in [0.3, 0.4) is 0 Å². The van der Waals surface area contributed by atoms with Gasteiger partial charge in [0, 0.05) is 12.3 Å². The van der Waals surface area contributed by atoms with Crippen LogP contribution in [0.25, 0.3) is 0 Å². The number of aryl methyl sites for hydroxylation is 1. The molecule has 0 saturated heterocycles. The second-order valence-corrected chi connectivity index (χ2v) is 3.94. The summed E-state index contributed by atoms with van der Waals surface area (Å²) < 4.78 is 5.76. The van der Waals surface area contributed by atoms with Crippen LogP contribution < -0.4 is 5.73 Å². The number of hydrogen-bond donors (Lipinski definition) is 1. The van der Waals surface area contributed by atoms with Crippen molar-refractivity contribution in [2.75, 3.05) is 6.54 Å². The zero-order valence-corrected chi connectivity index (χ0v) is 8.75. The van der Waals surface area contributed by atoms with Gasteiger partial charge in [0.2, 0.25) is 0 Å². The van der Waals surface area contributed by atoms with Crippen molar-refractivity contribution in [1.29, 1.82) is 0 Å². The number of nitrogens with zero attached hydrogens (tertiary/aromatic N) is 1. The van der Waals surface area contributed by atoms with Gasteiger partial charge < -0.3 is 10.2 Å². The molecule has 0 atom stereocenters. The second-order valence-electron chi connectivity index (χ2n) is 3.94. The smallest absolute Gasteiger partial charge is 0.197 e. The first-order chi connectivity index (χ1) is 6.85. The molecule has 1 aromatic rings. The summed E-state index contributed by atoms with van der Waals surface area (Å²) in [6.45, 7) is 2.76. The summed E-state index contributed by atoms with van der Waals surface area (Å²) in [5.74, 6) is 2.56. The van der Waals surface area contributed by atoms with Crippen molar-refractivity contribution in [3.8, 4) is 0 Å². The molecule has 0 amide bonds. The van der Waals surface area contributed by atoms with Crippen LogP contribution in [0.5, 0.6) is 0 Å². The van der Waals surface area contributed by atoms with Crippen molar-refractivity contribution >= 4 is 0 Å². The Hall–Kier alpha value is -0.830. The number of oxazole rings is 1. The van der Waals surface area contributed by atoms with Crippen LogP contribution in [0.4, 0.5) is 0 Å². The predicted octanol–water partition coefficient (Wildman–Crippen LogP) is 2.01. The number of rotatable bonds is 4. The summed E-state index contributed by atoms with van der Waals surface area (Å²) in [5.41, 5.74) is 6.64. The van der Waals surface area contributed by atoms with Crippen molar-refractivity contribution in [2.24, 2.45) is 5.73 Å². The highest BCUT2D eigenvalue weighted by Crippen LogP contribution is 2.36. The van der Waals surface area contributed by atoms with E-state index in [1.54, 1.807) is 0 Å². The minimum atomic E-state index is 0.590. The van der Waals surface area contributed by atoms with E-state index in [9.17, 15) is 0 Å². The molecule has 3 heteroatoms. The Kier molecular flexibility index (Phi) is 2.87. The molecule has 1 saturated carbocycles. The third-order valence-electron chi connectivity index (χ3n) is 2.96. The average Bonchev–Trinajstić information content (AvgIpc) is 2.46. The van der Waals surface area contributed by atoms with E-state index < -0.39 is 0 Å². The van der Waals surface area contributed by atoms with E-state index >= 15 is 0 Å². The van der Waals surface area contributed by atoms with Gasteiger partial charge in [-0.25, -0.2) is 4.98 Å². The van der Waals surface area contributed by atoms with Crippen LogP contribution in [0.2, 0.25) is 0 Å². The quantitative estimate of drug-likeness (QED) is 0.797. The molecule has 14 heavy (non-hydrogen) atoms. The Morgan fingerprint density at radius 1 is 1.50 bits per heavy atom. The Morgan fingerprint density at radius 3 is 2.79 bits per heavy atom. The van der Waals surface area contributed by atoms with Gasteiger partial charge in [0.05, 0.1) is 5.69 Å². The van der Waals surface area contributed by atoms with Crippen molar-refractivity contribution in [3.63, 3.8) is 0 Å². The van der Waals surface area contributed by atoms with Gasteiger partial charge in [-0.1, -0.05) is 13.3 Å². The molecule has 1 aromatic heterocycles. The van der Waals surface area contributed by atoms with Crippen LogP contribution in [0, 0.1) is 0 Å². The maximum atomic E-state index is 5.76. The molecule has 3 nitrogen and oxygen atoms in total. The topological polar surface area (TPSA) is 52.0 Å². The number of hydrogen-bond acceptors (Lipinski definition) is 3. The Labute approximate surface area is 84.7 Å². The fraction of sp³-hybridized carbons (Fsp3) is 0.727. The molecule has 0 aromatic carbocycles. The van der Waals surface area contributed by atoms with Gasteiger partial charge in [-0.2, -0.15) is 0 Å². The first-order valence-electron chi connectivity index (χ1n) is 5.53. The third kappa shape index (κ3) is 1.69. The molecule has 0 bridgehead atoms. The van der Waals surface area contributed by atoms with Crippen LogP contribution in [-0.2, 0) is 12.8 Å². The van der Waals surface area contributed by atoms with Gasteiger partial charge >= 0.3 is 0 Å². The minimum Gasteiger partial charge on any atom is -0.445 e. The van der Waals surface area contributed by atoms with E-state index in [0.717, 1.165) is 30.2 Å². The Balaban J connectivity index is 2.16. The lowest BCUT2D eigenvalue weighted by atomic mass is 9.85. The highest BCUT2D eigenvalue weighted by atomic mass is 16.4. The van der Waals surface area contributed by atoms with Crippen molar-refractivity contribution in [1.82, 2.24) is 4.98 Å². The summed E-state index contributed by atoms with van der Waals surface area (Å²) in [4.78, 5) is 4.55. The summed E-state index contributed by atoms with van der Waals surface area (Å²) in [6.07, 6.45) is 5.58. The second kappa shape index (κ2) is 4.13. The summed E-state index contributed by atoms with van der Waals surface area (Å²) >= 11 is 0. The first-order valence-corrected chi connectivity index (χ1v) is 5.53. The van der Waals surface area contributed by atoms with Crippen molar-refractivity contribution < 1.29 is 4.42 Å². The predicted molar refractivity (Wildman–Crippen MR) is 55.2 cm³/mol. The van der Waals surface area contributed by atoms with Crippen molar-refractivity contribution in [3.05, 3.63) is 17.3 Å². The molecule has 1 heterocycles. The zero-order valence-electron chi connectivity index (χ0n) is 8.75. The molecule has 0 unspecified atom stereocenters. The molecule has 0 aliphatic heterocycles. The standard InChI is InChI=1S/C11H18N2O/c1-2-9-10(6-7-12)14-11(13-9)8-4-3-5-8/h8H,2-7,12H2,1H3. The molecule has 2 N–H and O–H groups in total. The van der Waals surface area contributed by atoms with E-state index in [0.29, 0.717) is 12.5 Å². The molecule has 78 valence electrons. The molecule has 0 spiro atoms. The van der Waals surface area contributed by atoms with E-state index in [1.165, 1.54) is 19.3 Å². The fourth-order valence-electron chi connectivity index (χ4n) is 1.84. The zero-order chi connectivity index (χ0) is 9.97. The summed E-state index contributed by atoms with van der Waals surface area (Å²) in [7, 11) is 0. The molecular formula is C11H18N2O. The first kappa shape index (κ1) is 9.71. The van der Waals surface area contributed by atoms with Gasteiger partial charge in [0.25, 0.3) is 0 Å². The lowest BCUT2D eigenvalue weighted by Gasteiger charge is -2.21. The molecule has 1 fully saturated rings. The normalized spacial score (nSPS) is 17.0. The van der Waals surface area contributed by atoms with Crippen LogP contribution >= 0.6 is 0 Å². The molecular weight excluding hydrogens is 176 g/mol. The number of nitrogens with two attached hydrogens (primary N) is 1. The van der Waals surface area contributed by atoms with Gasteiger partial charge in [-0.15, -0.1) is 0 Å². The summed E-state index contributed by atoms with van der Waals surface area (Å²) in [5, 5.41) is 0. The third-order valence-corrected chi connectivity index (χ3v) is 2.96. The van der Waals surface area contributed by atoms with Crippen molar-refractivity contribution in [2.45, 2.75) is 44.9 Å². The lowest BCUT2D eigenvalue weighted by Crippen LogP contribution is -2.08. The van der Waals surface area contributed by atoms with Crippen LogP contribution in [0.1, 0.15) is 49.4 Å². The SMILES string of the molecule is CCc1nc(C2CCC2)oc1CCN. The molecule has 1 aliphatic rings. The van der Waals surface area contributed by atoms with Gasteiger partial charge in [-0.3, -0.25) is 0 Å². The van der Waals surface area contributed by atoms with E-state index in [1.807, 2.05) is 0 Å². The minimum absolute atomic E-state index is 0.590. The van der Waals surface area contributed by atoms with E-state index in [4.69, 9.17) is 10.2 Å². The van der Waals surface area contributed by atoms with Crippen LogP contribution in [0.15, 0.2) is 4.42 Å². The van der Waals surface area contributed by atoms with Gasteiger partial charge in [0.1, 0.15) is 5.76 Å². The van der Waals surface area contributed by atoms with E-state index in [2.05, 4.69) is 11.9 Å². The molecule has 2 rings (SSSR count). The van der Waals surface area contributed by atoms with Gasteiger partial charge in [-0.05, 0) is 25.8 Å². The highest BCUT2D eigenvalue weighted by Gasteiger charge is 2.25. The van der Waals surface area contributed by atoms with E-state index in [-0.39, 0.29) is 0 Å². The molecule has 1 aliphatic carbocycles.